The quantitative estimate of drug-likeness (QED) is 0.595. The molecule has 1 heterocycles. The van der Waals surface area contributed by atoms with Gasteiger partial charge in [0.2, 0.25) is 5.95 Å². The maximum atomic E-state index is 13.1. The van der Waals surface area contributed by atoms with Crippen LogP contribution in [0.2, 0.25) is 0 Å². The zero-order valence-corrected chi connectivity index (χ0v) is 8.76. The second kappa shape index (κ2) is 4.96. The van der Waals surface area contributed by atoms with Crippen LogP contribution in [-0.2, 0) is 4.74 Å². The summed E-state index contributed by atoms with van der Waals surface area (Å²) in [5.74, 6) is -2.16. The molecule has 0 bridgehead atoms. The average Bonchev–Trinajstić information content (AvgIpc) is 2.20. The summed E-state index contributed by atoms with van der Waals surface area (Å²) < 4.78 is 42.3. The van der Waals surface area contributed by atoms with Gasteiger partial charge in [-0.15, -0.1) is 0 Å². The van der Waals surface area contributed by atoms with Crippen LogP contribution in [0.3, 0.4) is 0 Å². The average molecular weight is 233 g/mol. The normalized spacial score (nSPS) is 10.6. The highest BCUT2D eigenvalue weighted by molar-refractivity contribution is 5.88. The van der Waals surface area contributed by atoms with E-state index < -0.39 is 23.9 Å². The molecule has 0 saturated heterocycles. The predicted molar refractivity (Wildman–Crippen MR) is 49.8 cm³/mol. The van der Waals surface area contributed by atoms with E-state index in [0.717, 1.165) is 6.07 Å². The highest BCUT2D eigenvalue weighted by Crippen LogP contribution is 2.23. The van der Waals surface area contributed by atoms with E-state index in [-0.39, 0.29) is 17.9 Å². The van der Waals surface area contributed by atoms with Crippen LogP contribution in [0.4, 0.5) is 13.2 Å². The Kier molecular flexibility index (Phi) is 3.87. The molecule has 0 atom stereocenters. The van der Waals surface area contributed by atoms with E-state index in [9.17, 15) is 18.0 Å². The maximum absolute atomic E-state index is 13.1. The van der Waals surface area contributed by atoms with Gasteiger partial charge in [0, 0.05) is 0 Å². The molecule has 0 aliphatic rings. The number of halogens is 3. The van der Waals surface area contributed by atoms with E-state index >= 15 is 0 Å². The number of carbonyl (C=O) groups excluding carboxylic acids is 1. The lowest BCUT2D eigenvalue weighted by Crippen LogP contribution is -2.12. The molecule has 0 saturated carbocycles. The fourth-order valence-corrected chi connectivity index (χ4v) is 1.17. The number of pyridine rings is 1. The minimum absolute atomic E-state index is 0.109. The largest absolute Gasteiger partial charge is 0.461 e. The molecule has 0 N–H and O–H groups in total. The Balaban J connectivity index is 3.15. The van der Waals surface area contributed by atoms with E-state index in [1.54, 1.807) is 6.92 Å². The molecular weight excluding hydrogens is 223 g/mol. The monoisotopic (exact) mass is 233 g/mol. The summed E-state index contributed by atoms with van der Waals surface area (Å²) in [4.78, 5) is 14.5. The lowest BCUT2D eigenvalue weighted by molar-refractivity contribution is 0.0516. The first kappa shape index (κ1) is 12.5. The first-order valence-electron chi connectivity index (χ1n) is 4.59. The molecule has 0 radical (unpaired) electrons. The summed E-state index contributed by atoms with van der Waals surface area (Å²) in [5.41, 5.74) is -0.926. The van der Waals surface area contributed by atoms with Crippen molar-refractivity contribution in [3.05, 3.63) is 28.8 Å². The van der Waals surface area contributed by atoms with Crippen LogP contribution < -0.4 is 0 Å². The second-order valence-electron chi connectivity index (χ2n) is 3.06. The van der Waals surface area contributed by atoms with Crippen molar-refractivity contribution in [2.75, 3.05) is 6.61 Å². The minimum atomic E-state index is -2.96. The van der Waals surface area contributed by atoms with E-state index in [2.05, 4.69) is 9.72 Å². The zero-order valence-electron chi connectivity index (χ0n) is 8.76. The van der Waals surface area contributed by atoms with Gasteiger partial charge in [0.25, 0.3) is 6.43 Å². The van der Waals surface area contributed by atoms with Gasteiger partial charge in [0.1, 0.15) is 0 Å². The Hall–Kier alpha value is -1.59. The summed E-state index contributed by atoms with van der Waals surface area (Å²) in [5, 5.41) is 0. The molecule has 0 fully saturated rings. The minimum Gasteiger partial charge on any atom is -0.461 e. The highest BCUT2D eigenvalue weighted by Gasteiger charge is 2.20. The number of ether oxygens (including phenoxy) is 1. The third-order valence-electron chi connectivity index (χ3n) is 1.90. The fourth-order valence-electron chi connectivity index (χ4n) is 1.17. The van der Waals surface area contributed by atoms with Crippen molar-refractivity contribution in [2.24, 2.45) is 0 Å². The molecule has 6 heteroatoms. The topological polar surface area (TPSA) is 39.2 Å². The number of aryl methyl sites for hydroxylation is 1. The molecule has 88 valence electrons. The van der Waals surface area contributed by atoms with E-state index in [0.29, 0.717) is 0 Å². The van der Waals surface area contributed by atoms with Crippen LogP contribution in [0, 0.1) is 12.9 Å². The number of rotatable bonds is 3. The summed E-state index contributed by atoms with van der Waals surface area (Å²) >= 11 is 0. The zero-order chi connectivity index (χ0) is 12.3. The van der Waals surface area contributed by atoms with Gasteiger partial charge in [-0.05, 0) is 25.5 Å². The van der Waals surface area contributed by atoms with Crippen molar-refractivity contribution in [1.82, 2.24) is 4.98 Å². The van der Waals surface area contributed by atoms with Gasteiger partial charge in [0.05, 0.1) is 12.2 Å². The van der Waals surface area contributed by atoms with Crippen LogP contribution >= 0.6 is 0 Å². The van der Waals surface area contributed by atoms with Crippen molar-refractivity contribution >= 4 is 5.97 Å². The SMILES string of the molecule is CCOC(=O)c1nc(F)c(C(F)F)cc1C. The van der Waals surface area contributed by atoms with Gasteiger partial charge in [0.15, 0.2) is 5.69 Å². The van der Waals surface area contributed by atoms with Crippen molar-refractivity contribution in [1.29, 1.82) is 0 Å². The van der Waals surface area contributed by atoms with Crippen LogP contribution in [0.15, 0.2) is 6.07 Å². The predicted octanol–water partition coefficient (Wildman–Crippen LogP) is 2.64. The molecule has 0 aliphatic carbocycles. The van der Waals surface area contributed by atoms with E-state index in [4.69, 9.17) is 0 Å². The standard InChI is InChI=1S/C10H10F3NO2/c1-3-16-10(15)7-5(2)4-6(8(11)12)9(13)14-7/h4,8H,3H2,1-2H3. The summed E-state index contributed by atoms with van der Waals surface area (Å²) in [7, 11) is 0. The fraction of sp³-hybridized carbons (Fsp3) is 0.400. The molecule has 0 unspecified atom stereocenters. The van der Waals surface area contributed by atoms with Crippen LogP contribution in [-0.4, -0.2) is 17.6 Å². The Morgan fingerprint density at radius 1 is 1.56 bits per heavy atom. The number of esters is 1. The second-order valence-corrected chi connectivity index (χ2v) is 3.06. The summed E-state index contributed by atoms with van der Waals surface area (Å²) in [6, 6.07) is 0.902. The third-order valence-corrected chi connectivity index (χ3v) is 1.90. The molecule has 0 aliphatic heterocycles. The number of nitrogens with zero attached hydrogens (tertiary/aromatic N) is 1. The molecule has 0 spiro atoms. The van der Waals surface area contributed by atoms with Crippen LogP contribution in [0.1, 0.15) is 35.0 Å². The third kappa shape index (κ3) is 2.50. The Labute approximate surface area is 90.2 Å². The van der Waals surface area contributed by atoms with Crippen LogP contribution in [0.25, 0.3) is 0 Å². The molecule has 3 nitrogen and oxygen atoms in total. The molecule has 0 aromatic carbocycles. The highest BCUT2D eigenvalue weighted by atomic mass is 19.3. The Morgan fingerprint density at radius 2 is 2.19 bits per heavy atom. The molecular formula is C10H10F3NO2. The summed E-state index contributed by atoms with van der Waals surface area (Å²) in [6.07, 6.45) is -2.96. The van der Waals surface area contributed by atoms with Gasteiger partial charge in [-0.2, -0.15) is 4.39 Å². The van der Waals surface area contributed by atoms with Gasteiger partial charge in [-0.25, -0.2) is 18.6 Å². The number of hydrogen-bond acceptors (Lipinski definition) is 3. The van der Waals surface area contributed by atoms with Crippen molar-refractivity contribution in [3.8, 4) is 0 Å². The first-order chi connectivity index (χ1) is 7.47. The Bertz CT molecular complexity index is 407. The lowest BCUT2D eigenvalue weighted by Gasteiger charge is -2.07. The number of hydrogen-bond donors (Lipinski definition) is 0. The smallest absolute Gasteiger partial charge is 0.357 e. The molecule has 1 aromatic rings. The van der Waals surface area contributed by atoms with Gasteiger partial charge >= 0.3 is 5.97 Å². The maximum Gasteiger partial charge on any atom is 0.357 e. The molecule has 1 aromatic heterocycles. The van der Waals surface area contributed by atoms with Crippen molar-refractivity contribution in [2.45, 2.75) is 20.3 Å². The van der Waals surface area contributed by atoms with E-state index in [1.165, 1.54) is 6.92 Å². The van der Waals surface area contributed by atoms with Crippen molar-refractivity contribution in [3.63, 3.8) is 0 Å². The van der Waals surface area contributed by atoms with Gasteiger partial charge < -0.3 is 4.74 Å². The molecule has 1 rings (SSSR count). The first-order valence-corrected chi connectivity index (χ1v) is 4.59. The van der Waals surface area contributed by atoms with Crippen molar-refractivity contribution < 1.29 is 22.7 Å². The summed E-state index contributed by atoms with van der Waals surface area (Å²) in [6.45, 7) is 3.08. The van der Waals surface area contributed by atoms with Gasteiger partial charge in [-0.1, -0.05) is 0 Å². The van der Waals surface area contributed by atoms with Crippen LogP contribution in [0.5, 0.6) is 0 Å². The van der Waals surface area contributed by atoms with E-state index in [1.807, 2.05) is 0 Å². The molecule has 0 amide bonds. The molecule has 16 heavy (non-hydrogen) atoms. The number of carbonyl (C=O) groups is 1. The number of alkyl halides is 2. The lowest BCUT2D eigenvalue weighted by atomic mass is 10.1. The Morgan fingerprint density at radius 3 is 2.69 bits per heavy atom. The van der Waals surface area contributed by atoms with Gasteiger partial charge in [-0.3, -0.25) is 0 Å². The number of aromatic nitrogens is 1.